The zero-order valence-corrected chi connectivity index (χ0v) is 18.2. The Labute approximate surface area is 176 Å². The van der Waals surface area contributed by atoms with Crippen molar-refractivity contribution in [3.05, 3.63) is 65.0 Å². The maximum Gasteiger partial charge on any atom is 0.175 e. The molecule has 0 aliphatic rings. The second-order valence-electron chi connectivity index (χ2n) is 6.84. The maximum absolute atomic E-state index is 5.50. The number of methoxy groups -OCH3 is 2. The van der Waals surface area contributed by atoms with Crippen molar-refractivity contribution >= 4 is 28.7 Å². The van der Waals surface area contributed by atoms with Gasteiger partial charge in [-0.15, -0.1) is 0 Å². The predicted octanol–water partition coefficient (Wildman–Crippen LogP) is 4.68. The van der Waals surface area contributed by atoms with Crippen molar-refractivity contribution in [2.45, 2.75) is 27.3 Å². The van der Waals surface area contributed by atoms with Crippen LogP contribution in [0.3, 0.4) is 0 Å². The van der Waals surface area contributed by atoms with E-state index in [1.165, 1.54) is 11.1 Å². The van der Waals surface area contributed by atoms with Crippen LogP contribution in [-0.2, 0) is 6.54 Å². The quantitative estimate of drug-likeness (QED) is 0.575. The summed E-state index contributed by atoms with van der Waals surface area (Å²) in [6, 6.07) is 14.0. The van der Waals surface area contributed by atoms with E-state index in [9.17, 15) is 0 Å². The van der Waals surface area contributed by atoms with E-state index >= 15 is 0 Å². The minimum absolute atomic E-state index is 0.485. The number of aryl methyl sites for hydroxylation is 2. The first-order chi connectivity index (χ1) is 13.9. The summed E-state index contributed by atoms with van der Waals surface area (Å²) in [6.45, 7) is 6.81. The Hall–Kier alpha value is -3.06. The largest absolute Gasteiger partial charge is 0.493 e. The lowest BCUT2D eigenvalue weighted by molar-refractivity contribution is 0.355. The molecule has 2 aromatic carbocycles. The monoisotopic (exact) mass is 410 g/mol. The summed E-state index contributed by atoms with van der Waals surface area (Å²) in [5, 5.41) is 11.6. The molecule has 7 heteroatoms. The van der Waals surface area contributed by atoms with E-state index in [0.29, 0.717) is 23.2 Å². The Morgan fingerprint density at radius 3 is 2.31 bits per heavy atom. The number of nitrogens with zero attached hydrogens (tertiary/aromatic N) is 2. The fraction of sp³-hybridized carbons (Fsp3) is 0.273. The molecule has 6 nitrogen and oxygen atoms in total. The van der Waals surface area contributed by atoms with Crippen LogP contribution < -0.4 is 20.1 Å². The molecule has 0 radical (unpaired) electrons. The molecule has 1 aromatic heterocycles. The minimum atomic E-state index is 0.485. The van der Waals surface area contributed by atoms with Gasteiger partial charge in [0.05, 0.1) is 37.8 Å². The molecule has 0 saturated carbocycles. The second kappa shape index (κ2) is 8.96. The lowest BCUT2D eigenvalue weighted by Crippen LogP contribution is -2.20. The average Bonchev–Trinajstić information content (AvgIpc) is 2.97. The van der Waals surface area contributed by atoms with Crippen LogP contribution >= 0.6 is 12.2 Å². The molecule has 3 aromatic rings. The molecule has 2 N–H and O–H groups in total. The van der Waals surface area contributed by atoms with E-state index in [1.54, 1.807) is 14.2 Å². The molecule has 0 bridgehead atoms. The summed E-state index contributed by atoms with van der Waals surface area (Å²) in [6.07, 6.45) is 0. The predicted molar refractivity (Wildman–Crippen MR) is 121 cm³/mol. The van der Waals surface area contributed by atoms with Gasteiger partial charge in [-0.25, -0.2) is 0 Å². The zero-order chi connectivity index (χ0) is 21.0. The molecule has 0 unspecified atom stereocenters. The highest BCUT2D eigenvalue weighted by Crippen LogP contribution is 2.30. The van der Waals surface area contributed by atoms with E-state index < -0.39 is 0 Å². The Morgan fingerprint density at radius 2 is 1.66 bits per heavy atom. The summed E-state index contributed by atoms with van der Waals surface area (Å²) in [7, 11) is 3.21. The first kappa shape index (κ1) is 20.7. The molecular formula is C22H26N4O2S. The summed E-state index contributed by atoms with van der Waals surface area (Å²) in [5.74, 6) is 1.31. The molecule has 3 rings (SSSR count). The van der Waals surface area contributed by atoms with Gasteiger partial charge in [0, 0.05) is 11.8 Å². The Balaban J connectivity index is 1.72. The third-order valence-electron chi connectivity index (χ3n) is 4.71. The maximum atomic E-state index is 5.50. The Morgan fingerprint density at radius 1 is 0.966 bits per heavy atom. The van der Waals surface area contributed by atoms with Crippen molar-refractivity contribution in [3.63, 3.8) is 0 Å². The van der Waals surface area contributed by atoms with Gasteiger partial charge in [-0.3, -0.25) is 4.68 Å². The average molecular weight is 411 g/mol. The van der Waals surface area contributed by atoms with Crippen molar-refractivity contribution in [2.24, 2.45) is 0 Å². The lowest BCUT2D eigenvalue weighted by Gasteiger charge is -2.13. The van der Waals surface area contributed by atoms with Gasteiger partial charge >= 0.3 is 0 Å². The molecule has 29 heavy (non-hydrogen) atoms. The van der Waals surface area contributed by atoms with Gasteiger partial charge in [0.2, 0.25) is 0 Å². The van der Waals surface area contributed by atoms with Crippen molar-refractivity contribution < 1.29 is 9.47 Å². The third kappa shape index (κ3) is 4.86. The summed E-state index contributed by atoms with van der Waals surface area (Å²) < 4.78 is 12.6. The topological polar surface area (TPSA) is 60.3 Å². The zero-order valence-electron chi connectivity index (χ0n) is 17.4. The molecule has 0 fully saturated rings. The van der Waals surface area contributed by atoms with Crippen molar-refractivity contribution in [1.29, 1.82) is 0 Å². The van der Waals surface area contributed by atoms with E-state index in [-0.39, 0.29) is 0 Å². The number of hydrogen-bond donors (Lipinski definition) is 2. The number of thiocarbonyl (C=S) groups is 1. The van der Waals surface area contributed by atoms with Gasteiger partial charge in [-0.05, 0) is 50.7 Å². The molecule has 0 atom stereocenters. The normalized spacial score (nSPS) is 10.5. The lowest BCUT2D eigenvalue weighted by atomic mass is 10.1. The van der Waals surface area contributed by atoms with E-state index in [0.717, 1.165) is 22.8 Å². The standard InChI is InChI=1S/C22H26N4O2S/c1-14-6-8-17(9-7-14)13-26-16(3)21(15(2)25-26)24-22(29)23-18-10-11-19(27-4)20(12-18)28-5/h6-12H,13H2,1-5H3,(H2,23,24,29). The highest BCUT2D eigenvalue weighted by atomic mass is 32.1. The molecule has 1 heterocycles. The van der Waals surface area contributed by atoms with E-state index in [4.69, 9.17) is 21.7 Å². The first-order valence-corrected chi connectivity index (χ1v) is 9.71. The Kier molecular flexibility index (Phi) is 6.39. The van der Waals surface area contributed by atoms with Gasteiger partial charge in [0.25, 0.3) is 0 Å². The van der Waals surface area contributed by atoms with Gasteiger partial charge < -0.3 is 20.1 Å². The van der Waals surface area contributed by atoms with Crippen molar-refractivity contribution in [2.75, 3.05) is 24.9 Å². The number of aromatic nitrogens is 2. The van der Waals surface area contributed by atoms with E-state index in [2.05, 4.69) is 46.9 Å². The molecule has 0 aliphatic carbocycles. The van der Waals surface area contributed by atoms with Crippen LogP contribution in [0.5, 0.6) is 11.5 Å². The van der Waals surface area contributed by atoms with Gasteiger partial charge in [-0.1, -0.05) is 29.8 Å². The summed E-state index contributed by atoms with van der Waals surface area (Å²) in [5.41, 5.74) is 6.10. The highest BCUT2D eigenvalue weighted by Gasteiger charge is 2.14. The highest BCUT2D eigenvalue weighted by molar-refractivity contribution is 7.80. The van der Waals surface area contributed by atoms with Crippen molar-refractivity contribution in [1.82, 2.24) is 9.78 Å². The number of benzene rings is 2. The van der Waals surface area contributed by atoms with Crippen LogP contribution in [0.4, 0.5) is 11.4 Å². The second-order valence-corrected chi connectivity index (χ2v) is 7.25. The fourth-order valence-corrected chi connectivity index (χ4v) is 3.31. The summed E-state index contributed by atoms with van der Waals surface area (Å²) >= 11 is 5.50. The van der Waals surface area contributed by atoms with Crippen molar-refractivity contribution in [3.8, 4) is 11.5 Å². The number of ether oxygens (including phenoxy) is 2. The smallest absolute Gasteiger partial charge is 0.175 e. The molecule has 0 amide bonds. The number of nitrogens with one attached hydrogen (secondary N) is 2. The Bertz CT molecular complexity index is 1010. The minimum Gasteiger partial charge on any atom is -0.493 e. The molecular weight excluding hydrogens is 384 g/mol. The van der Waals surface area contributed by atoms with Crippen LogP contribution in [0.25, 0.3) is 0 Å². The van der Waals surface area contributed by atoms with Gasteiger partial charge in [-0.2, -0.15) is 5.10 Å². The van der Waals surface area contributed by atoms with Crippen LogP contribution in [0.1, 0.15) is 22.5 Å². The number of rotatable bonds is 6. The molecule has 0 saturated heterocycles. The van der Waals surface area contributed by atoms with Gasteiger partial charge in [0.15, 0.2) is 16.6 Å². The van der Waals surface area contributed by atoms with Crippen LogP contribution in [-0.4, -0.2) is 29.1 Å². The van der Waals surface area contributed by atoms with Gasteiger partial charge in [0.1, 0.15) is 0 Å². The molecule has 0 spiro atoms. The first-order valence-electron chi connectivity index (χ1n) is 9.31. The SMILES string of the molecule is COc1ccc(NC(=S)Nc2c(C)nn(Cc3ccc(C)cc3)c2C)cc1OC. The fourth-order valence-electron chi connectivity index (χ4n) is 3.09. The van der Waals surface area contributed by atoms with Crippen LogP contribution in [0.2, 0.25) is 0 Å². The van der Waals surface area contributed by atoms with Crippen LogP contribution in [0.15, 0.2) is 42.5 Å². The van der Waals surface area contributed by atoms with E-state index in [1.807, 2.05) is 36.7 Å². The number of hydrogen-bond acceptors (Lipinski definition) is 4. The molecule has 0 aliphatic heterocycles. The van der Waals surface area contributed by atoms with Crippen LogP contribution in [0, 0.1) is 20.8 Å². The molecule has 152 valence electrons. The summed E-state index contributed by atoms with van der Waals surface area (Å²) in [4.78, 5) is 0. The third-order valence-corrected chi connectivity index (χ3v) is 4.92. The number of anilines is 2.